The molecular weight excluding hydrogens is 328 g/mol. The van der Waals surface area contributed by atoms with Crippen LogP contribution in [-0.4, -0.2) is 51.9 Å². The second-order valence-corrected chi connectivity index (χ2v) is 7.28. The van der Waals surface area contributed by atoms with Gasteiger partial charge in [-0.15, -0.1) is 0 Å². The van der Waals surface area contributed by atoms with Crippen LogP contribution in [0.2, 0.25) is 5.02 Å². The first kappa shape index (κ1) is 17.3. The summed E-state index contributed by atoms with van der Waals surface area (Å²) in [5.74, 6) is -0.0840. The first-order valence-electron chi connectivity index (χ1n) is 8.13. The molecule has 1 aromatic rings. The number of carbonyl (C=O) groups is 1. The summed E-state index contributed by atoms with van der Waals surface area (Å²) in [6.45, 7) is 6.58. The van der Waals surface area contributed by atoms with E-state index in [-0.39, 0.29) is 11.7 Å². The first-order valence-corrected chi connectivity index (χ1v) is 8.51. The Kier molecular flexibility index (Phi) is 4.14. The van der Waals surface area contributed by atoms with Crippen LogP contribution in [0.4, 0.5) is 0 Å². The Bertz CT molecular complexity index is 749. The molecule has 5 nitrogen and oxygen atoms in total. The second-order valence-electron chi connectivity index (χ2n) is 6.90. The number of aliphatic hydroxyl groups is 1. The van der Waals surface area contributed by atoms with Crippen molar-refractivity contribution in [2.75, 3.05) is 20.1 Å². The second kappa shape index (κ2) is 5.76. The van der Waals surface area contributed by atoms with E-state index >= 15 is 0 Å². The van der Waals surface area contributed by atoms with E-state index < -0.39 is 5.54 Å². The SMILES string of the molecule is Cc1cc(C)c(C2=C(O)C3(CCN(O)CC3)N(C)C2=O)c(C)c1Cl. The molecule has 1 spiro atoms. The number of carbonyl (C=O) groups excluding carboxylic acids is 1. The Balaban J connectivity index is 2.20. The van der Waals surface area contributed by atoms with Crippen LogP contribution >= 0.6 is 11.6 Å². The van der Waals surface area contributed by atoms with E-state index in [1.165, 1.54) is 5.06 Å². The molecule has 0 unspecified atom stereocenters. The number of hydrogen-bond donors (Lipinski definition) is 2. The zero-order valence-electron chi connectivity index (χ0n) is 14.5. The third-order valence-corrected chi connectivity index (χ3v) is 6.11. The predicted molar refractivity (Wildman–Crippen MR) is 93.3 cm³/mol. The first-order chi connectivity index (χ1) is 11.2. The molecule has 2 aliphatic rings. The molecule has 1 aromatic carbocycles. The third kappa shape index (κ3) is 2.26. The van der Waals surface area contributed by atoms with Crippen molar-refractivity contribution >= 4 is 23.1 Å². The topological polar surface area (TPSA) is 64.0 Å². The van der Waals surface area contributed by atoms with Crippen molar-refractivity contribution in [2.24, 2.45) is 0 Å². The fourth-order valence-electron chi connectivity index (χ4n) is 4.06. The van der Waals surface area contributed by atoms with Gasteiger partial charge in [-0.3, -0.25) is 4.79 Å². The van der Waals surface area contributed by atoms with Crippen molar-refractivity contribution in [2.45, 2.75) is 39.2 Å². The van der Waals surface area contributed by atoms with E-state index in [0.29, 0.717) is 36.5 Å². The van der Waals surface area contributed by atoms with E-state index in [1.54, 1.807) is 11.9 Å². The summed E-state index contributed by atoms with van der Waals surface area (Å²) < 4.78 is 0. The molecule has 0 atom stereocenters. The largest absolute Gasteiger partial charge is 0.509 e. The molecule has 2 aliphatic heterocycles. The maximum absolute atomic E-state index is 13.0. The third-order valence-electron chi connectivity index (χ3n) is 5.53. The van der Waals surface area contributed by atoms with Gasteiger partial charge in [0, 0.05) is 25.2 Å². The molecule has 2 heterocycles. The number of nitrogens with zero attached hydrogens (tertiary/aromatic N) is 2. The highest BCUT2D eigenvalue weighted by Crippen LogP contribution is 2.46. The molecule has 1 saturated heterocycles. The molecule has 6 heteroatoms. The number of rotatable bonds is 1. The summed E-state index contributed by atoms with van der Waals surface area (Å²) in [4.78, 5) is 14.6. The molecule has 0 radical (unpaired) electrons. The van der Waals surface area contributed by atoms with Gasteiger partial charge < -0.3 is 15.2 Å². The number of benzene rings is 1. The molecule has 3 rings (SSSR count). The van der Waals surface area contributed by atoms with E-state index in [1.807, 2.05) is 26.8 Å². The van der Waals surface area contributed by atoms with E-state index in [4.69, 9.17) is 11.6 Å². The lowest BCUT2D eigenvalue weighted by atomic mass is 9.84. The average Bonchev–Trinajstić information content (AvgIpc) is 2.71. The molecule has 24 heavy (non-hydrogen) atoms. The highest BCUT2D eigenvalue weighted by molar-refractivity contribution is 6.33. The lowest BCUT2D eigenvalue weighted by Gasteiger charge is -2.41. The molecule has 1 fully saturated rings. The standard InChI is InChI=1S/C18H23ClN2O3/c1-10-9-11(2)15(19)12(3)13(10)14-16(22)18(20(4)17(14)23)5-7-21(24)8-6-18/h9,22,24H,5-8H2,1-4H3. The molecule has 2 N–H and O–H groups in total. The van der Waals surface area contributed by atoms with Gasteiger partial charge >= 0.3 is 0 Å². The lowest BCUT2D eigenvalue weighted by Crippen LogP contribution is -2.53. The van der Waals surface area contributed by atoms with E-state index in [2.05, 4.69) is 0 Å². The molecule has 0 aromatic heterocycles. The van der Waals surface area contributed by atoms with Crippen LogP contribution in [0.3, 0.4) is 0 Å². The molecule has 1 amide bonds. The van der Waals surface area contributed by atoms with Gasteiger partial charge in [0.05, 0.1) is 5.57 Å². The van der Waals surface area contributed by atoms with E-state index in [0.717, 1.165) is 22.3 Å². The van der Waals surface area contributed by atoms with Gasteiger partial charge in [-0.05, 0) is 55.9 Å². The lowest BCUT2D eigenvalue weighted by molar-refractivity contribution is -0.141. The smallest absolute Gasteiger partial charge is 0.258 e. The number of halogens is 1. The molecular formula is C18H23ClN2O3. The average molecular weight is 351 g/mol. The number of hydrogen-bond acceptors (Lipinski definition) is 4. The van der Waals surface area contributed by atoms with Crippen LogP contribution in [-0.2, 0) is 4.79 Å². The zero-order chi connectivity index (χ0) is 17.8. The normalized spacial score (nSPS) is 21.2. The van der Waals surface area contributed by atoms with Crippen LogP contribution < -0.4 is 0 Å². The fraction of sp³-hybridized carbons (Fsp3) is 0.500. The summed E-state index contributed by atoms with van der Waals surface area (Å²) in [5, 5.41) is 22.5. The summed E-state index contributed by atoms with van der Waals surface area (Å²) >= 11 is 6.39. The van der Waals surface area contributed by atoms with Gasteiger partial charge in [0.2, 0.25) is 0 Å². The monoisotopic (exact) mass is 350 g/mol. The Hall–Kier alpha value is -1.56. The molecule has 0 aliphatic carbocycles. The quantitative estimate of drug-likeness (QED) is 0.816. The van der Waals surface area contributed by atoms with Crippen LogP contribution in [0.1, 0.15) is 35.1 Å². The number of aliphatic hydroxyl groups excluding tert-OH is 1. The maximum atomic E-state index is 13.0. The van der Waals surface area contributed by atoms with Crippen LogP contribution in [0.5, 0.6) is 0 Å². The van der Waals surface area contributed by atoms with Gasteiger partial charge in [-0.25, -0.2) is 0 Å². The van der Waals surface area contributed by atoms with Gasteiger partial charge in [-0.2, -0.15) is 5.06 Å². The molecule has 130 valence electrons. The van der Waals surface area contributed by atoms with Gasteiger partial charge in [0.25, 0.3) is 5.91 Å². The number of hydroxylamine groups is 2. The van der Waals surface area contributed by atoms with Gasteiger partial charge in [0.1, 0.15) is 11.3 Å². The molecule has 0 bridgehead atoms. The summed E-state index contributed by atoms with van der Waals surface area (Å²) in [6.07, 6.45) is 0.998. The Morgan fingerprint density at radius 3 is 2.33 bits per heavy atom. The number of likely N-dealkylation sites (N-methyl/N-ethyl adjacent to an activating group) is 1. The Morgan fingerprint density at radius 1 is 1.17 bits per heavy atom. The summed E-state index contributed by atoms with van der Waals surface area (Å²) in [7, 11) is 1.72. The molecule has 0 saturated carbocycles. The highest BCUT2D eigenvalue weighted by Gasteiger charge is 2.52. The number of aryl methyl sites for hydroxylation is 2. The van der Waals surface area contributed by atoms with Gasteiger partial charge in [0.15, 0.2) is 0 Å². The minimum atomic E-state index is -0.734. The summed E-state index contributed by atoms with van der Waals surface area (Å²) in [6, 6.07) is 1.94. The summed E-state index contributed by atoms with van der Waals surface area (Å²) in [5.41, 5.74) is 3.03. The van der Waals surface area contributed by atoms with Crippen LogP contribution in [0.15, 0.2) is 11.8 Å². The predicted octanol–water partition coefficient (Wildman–Crippen LogP) is 3.23. The van der Waals surface area contributed by atoms with Crippen molar-refractivity contribution in [3.8, 4) is 0 Å². The van der Waals surface area contributed by atoms with E-state index in [9.17, 15) is 15.1 Å². The van der Waals surface area contributed by atoms with Crippen LogP contribution in [0, 0.1) is 20.8 Å². The van der Waals surface area contributed by atoms with Crippen molar-refractivity contribution in [1.29, 1.82) is 0 Å². The fourth-order valence-corrected chi connectivity index (χ4v) is 4.21. The Morgan fingerprint density at radius 2 is 1.75 bits per heavy atom. The Labute approximate surface area is 147 Å². The van der Waals surface area contributed by atoms with Crippen molar-refractivity contribution in [3.05, 3.63) is 39.1 Å². The van der Waals surface area contributed by atoms with Crippen molar-refractivity contribution in [3.63, 3.8) is 0 Å². The minimum Gasteiger partial charge on any atom is -0.509 e. The van der Waals surface area contributed by atoms with Crippen molar-refractivity contribution in [1.82, 2.24) is 9.96 Å². The number of amides is 1. The maximum Gasteiger partial charge on any atom is 0.258 e. The van der Waals surface area contributed by atoms with Crippen molar-refractivity contribution < 1.29 is 15.1 Å². The van der Waals surface area contributed by atoms with Crippen LogP contribution in [0.25, 0.3) is 5.57 Å². The highest BCUT2D eigenvalue weighted by atomic mass is 35.5. The minimum absolute atomic E-state index is 0.106. The van der Waals surface area contributed by atoms with Gasteiger partial charge in [-0.1, -0.05) is 17.7 Å². The number of piperidine rings is 1. The zero-order valence-corrected chi connectivity index (χ0v) is 15.2.